The van der Waals surface area contributed by atoms with Gasteiger partial charge in [0.15, 0.2) is 17.5 Å². The molecule has 5 heteroatoms. The Labute approximate surface area is 333 Å². The van der Waals surface area contributed by atoms with Crippen LogP contribution >= 0.6 is 11.3 Å². The van der Waals surface area contributed by atoms with Crippen molar-refractivity contribution < 1.29 is 0 Å². The van der Waals surface area contributed by atoms with Crippen molar-refractivity contribution in [2.24, 2.45) is 0 Å². The zero-order valence-corrected chi connectivity index (χ0v) is 31.5. The van der Waals surface area contributed by atoms with Gasteiger partial charge in [0.05, 0.1) is 11.2 Å². The van der Waals surface area contributed by atoms with E-state index in [1.54, 1.807) is 0 Å². The third kappa shape index (κ3) is 5.84. The summed E-state index contributed by atoms with van der Waals surface area (Å²) in [5.41, 5.74) is 10.6. The normalized spacial score (nSPS) is 11.5. The minimum absolute atomic E-state index is 0.635. The number of thiophene rings is 1. The number of fused-ring (bicyclic) bond motifs is 7. The molecule has 0 spiro atoms. The summed E-state index contributed by atoms with van der Waals surface area (Å²) in [6, 6.07) is 67.9. The molecule has 8 aromatic carbocycles. The number of hydrogen-bond acceptors (Lipinski definition) is 5. The standard InChI is InChI=1S/C52H32N4S/c1-4-14-33(15-5-1)38-20-12-21-39(32-38)52-55-50(36-18-8-3-9-19-36)54-51(56-52)37-28-26-34(27-29-37)40-23-13-25-45-46(40)43-31-30-42-47(49(43)57-45)41-22-10-11-24-44(41)53-48(42)35-16-6-2-7-17-35/h1-32H. The second-order valence-corrected chi connectivity index (χ2v) is 15.2. The number of aromatic nitrogens is 4. The van der Waals surface area contributed by atoms with E-state index in [2.05, 4.69) is 158 Å². The Hall–Kier alpha value is -7.34. The summed E-state index contributed by atoms with van der Waals surface area (Å²) >= 11 is 1.86. The first-order valence-corrected chi connectivity index (χ1v) is 19.9. The van der Waals surface area contributed by atoms with Crippen LogP contribution in [0.2, 0.25) is 0 Å². The molecule has 0 aliphatic carbocycles. The highest BCUT2D eigenvalue weighted by molar-refractivity contribution is 7.27. The minimum atomic E-state index is 0.635. The van der Waals surface area contributed by atoms with E-state index in [1.165, 1.54) is 41.9 Å². The van der Waals surface area contributed by atoms with E-state index < -0.39 is 0 Å². The van der Waals surface area contributed by atoms with E-state index in [0.29, 0.717) is 17.5 Å². The van der Waals surface area contributed by atoms with E-state index in [4.69, 9.17) is 19.9 Å². The fraction of sp³-hybridized carbons (Fsp3) is 0. The van der Waals surface area contributed by atoms with Gasteiger partial charge in [-0.05, 0) is 40.5 Å². The molecular formula is C52H32N4S. The van der Waals surface area contributed by atoms with Crippen LogP contribution in [0.15, 0.2) is 194 Å². The highest BCUT2D eigenvalue weighted by atomic mass is 32.1. The quantitative estimate of drug-likeness (QED) is 0.159. The lowest BCUT2D eigenvalue weighted by molar-refractivity contribution is 1.07. The number of rotatable bonds is 6. The van der Waals surface area contributed by atoms with Crippen LogP contribution in [0.25, 0.3) is 110 Å². The van der Waals surface area contributed by atoms with E-state index in [1.807, 2.05) is 47.7 Å². The third-order valence-electron chi connectivity index (χ3n) is 10.7. The summed E-state index contributed by atoms with van der Waals surface area (Å²) in [6.07, 6.45) is 0. The van der Waals surface area contributed by atoms with Crippen molar-refractivity contribution in [2.75, 3.05) is 0 Å². The Morgan fingerprint density at radius 2 is 0.860 bits per heavy atom. The Morgan fingerprint density at radius 3 is 1.60 bits per heavy atom. The molecule has 0 saturated heterocycles. The Bertz CT molecular complexity index is 3270. The van der Waals surface area contributed by atoms with Gasteiger partial charge in [-0.15, -0.1) is 11.3 Å². The van der Waals surface area contributed by atoms with Crippen LogP contribution in [0.1, 0.15) is 0 Å². The summed E-state index contributed by atoms with van der Waals surface area (Å²) in [4.78, 5) is 20.3. The molecule has 0 fully saturated rings. The topological polar surface area (TPSA) is 51.6 Å². The molecule has 57 heavy (non-hydrogen) atoms. The molecule has 4 nitrogen and oxygen atoms in total. The lowest BCUT2D eigenvalue weighted by Gasteiger charge is -2.11. The second-order valence-electron chi connectivity index (χ2n) is 14.2. The summed E-state index contributed by atoms with van der Waals surface area (Å²) < 4.78 is 2.54. The maximum absolute atomic E-state index is 5.18. The molecule has 266 valence electrons. The first-order chi connectivity index (χ1) is 28.2. The third-order valence-corrected chi connectivity index (χ3v) is 11.9. The lowest BCUT2D eigenvalue weighted by Crippen LogP contribution is -2.00. The monoisotopic (exact) mass is 744 g/mol. The van der Waals surface area contributed by atoms with Crippen molar-refractivity contribution in [1.29, 1.82) is 0 Å². The van der Waals surface area contributed by atoms with Crippen LogP contribution in [0, 0.1) is 0 Å². The summed E-state index contributed by atoms with van der Waals surface area (Å²) in [5, 5.41) is 6.12. The molecule has 0 unspecified atom stereocenters. The molecule has 0 radical (unpaired) electrons. The van der Waals surface area contributed by atoms with E-state index >= 15 is 0 Å². The maximum Gasteiger partial charge on any atom is 0.164 e. The van der Waals surface area contributed by atoms with Gasteiger partial charge in [0.25, 0.3) is 0 Å². The average molecular weight is 745 g/mol. The van der Waals surface area contributed by atoms with Crippen molar-refractivity contribution in [2.45, 2.75) is 0 Å². The molecule has 0 atom stereocenters. The Morgan fingerprint density at radius 1 is 0.316 bits per heavy atom. The predicted octanol–water partition coefficient (Wildman–Crippen LogP) is 13.9. The Balaban J connectivity index is 1.04. The van der Waals surface area contributed by atoms with E-state index in [-0.39, 0.29) is 0 Å². The van der Waals surface area contributed by atoms with Gasteiger partial charge in [-0.2, -0.15) is 0 Å². The van der Waals surface area contributed by atoms with Crippen LogP contribution < -0.4 is 0 Å². The molecule has 11 rings (SSSR count). The smallest absolute Gasteiger partial charge is 0.164 e. The molecule has 0 aliphatic rings. The van der Waals surface area contributed by atoms with Crippen molar-refractivity contribution in [3.63, 3.8) is 0 Å². The second kappa shape index (κ2) is 13.7. The van der Waals surface area contributed by atoms with E-state index in [9.17, 15) is 0 Å². The van der Waals surface area contributed by atoms with Crippen LogP contribution in [-0.2, 0) is 0 Å². The zero-order chi connectivity index (χ0) is 37.7. The van der Waals surface area contributed by atoms with Gasteiger partial charge in [-0.25, -0.2) is 19.9 Å². The van der Waals surface area contributed by atoms with Crippen LogP contribution in [-0.4, -0.2) is 19.9 Å². The number of benzene rings is 8. The Kier molecular flexibility index (Phi) is 7.97. The summed E-state index contributed by atoms with van der Waals surface area (Å²) in [6.45, 7) is 0. The summed E-state index contributed by atoms with van der Waals surface area (Å²) in [5.74, 6) is 1.92. The molecule has 0 aliphatic heterocycles. The molecular weight excluding hydrogens is 713 g/mol. The summed E-state index contributed by atoms with van der Waals surface area (Å²) in [7, 11) is 0. The highest BCUT2D eigenvalue weighted by Crippen LogP contribution is 2.46. The molecule has 0 N–H and O–H groups in total. The largest absolute Gasteiger partial charge is 0.247 e. The fourth-order valence-electron chi connectivity index (χ4n) is 7.99. The number of hydrogen-bond donors (Lipinski definition) is 0. The first-order valence-electron chi connectivity index (χ1n) is 19.1. The molecule has 0 saturated carbocycles. The van der Waals surface area contributed by atoms with Crippen molar-refractivity contribution in [3.05, 3.63) is 194 Å². The molecule has 0 bridgehead atoms. The van der Waals surface area contributed by atoms with Gasteiger partial charge in [0.1, 0.15) is 0 Å². The van der Waals surface area contributed by atoms with Gasteiger partial charge in [-0.3, -0.25) is 0 Å². The highest BCUT2D eigenvalue weighted by Gasteiger charge is 2.19. The van der Waals surface area contributed by atoms with Gasteiger partial charge in [0, 0.05) is 58.6 Å². The predicted molar refractivity (Wildman–Crippen MR) is 238 cm³/mol. The number of pyridine rings is 1. The van der Waals surface area contributed by atoms with Gasteiger partial charge in [-0.1, -0.05) is 176 Å². The zero-order valence-electron chi connectivity index (χ0n) is 30.7. The van der Waals surface area contributed by atoms with Crippen LogP contribution in [0.5, 0.6) is 0 Å². The van der Waals surface area contributed by atoms with Crippen molar-refractivity contribution in [1.82, 2.24) is 19.9 Å². The molecule has 3 aromatic heterocycles. The number of para-hydroxylation sites is 1. The SMILES string of the molecule is c1ccc(-c2cccc(-c3nc(-c4ccccc4)nc(-c4ccc(-c5cccc6sc7c(ccc8c(-c9ccccc9)nc9ccccc9c87)c56)cc4)n3)c2)cc1. The first kappa shape index (κ1) is 33.0. The molecule has 3 heterocycles. The van der Waals surface area contributed by atoms with E-state index in [0.717, 1.165) is 50.2 Å². The van der Waals surface area contributed by atoms with Crippen LogP contribution in [0.4, 0.5) is 0 Å². The van der Waals surface area contributed by atoms with Gasteiger partial charge < -0.3 is 0 Å². The molecule has 11 aromatic rings. The number of nitrogens with zero attached hydrogens (tertiary/aromatic N) is 4. The molecule has 0 amide bonds. The lowest BCUT2D eigenvalue weighted by atomic mass is 9.95. The fourth-order valence-corrected chi connectivity index (χ4v) is 9.28. The van der Waals surface area contributed by atoms with Crippen molar-refractivity contribution in [3.8, 4) is 67.7 Å². The maximum atomic E-state index is 5.18. The van der Waals surface area contributed by atoms with Gasteiger partial charge in [0.2, 0.25) is 0 Å². The van der Waals surface area contributed by atoms with Crippen molar-refractivity contribution >= 4 is 53.2 Å². The van der Waals surface area contributed by atoms with Crippen LogP contribution in [0.3, 0.4) is 0 Å². The van der Waals surface area contributed by atoms with Gasteiger partial charge >= 0.3 is 0 Å². The minimum Gasteiger partial charge on any atom is -0.247 e. The average Bonchev–Trinajstić information content (AvgIpc) is 3.69.